The number of amidine groups is 1. The minimum Gasteiger partial charge on any atom is -0.494 e. The van der Waals surface area contributed by atoms with E-state index in [2.05, 4.69) is 12.2 Å². The summed E-state index contributed by atoms with van der Waals surface area (Å²) >= 11 is 0. The van der Waals surface area contributed by atoms with Gasteiger partial charge in [0.1, 0.15) is 22.7 Å². The molecule has 1 N–H and O–H groups in total. The topological polar surface area (TPSA) is 118 Å². The molecule has 2 heterocycles. The fourth-order valence-electron chi connectivity index (χ4n) is 6.11. The molecule has 2 fully saturated rings. The summed E-state index contributed by atoms with van der Waals surface area (Å²) in [5, 5.41) is 4.25. The average Bonchev–Trinajstić information content (AvgIpc) is 3.22. The molecular formula is C31H46N4O6S. The van der Waals surface area contributed by atoms with Gasteiger partial charge in [0, 0.05) is 37.0 Å². The average molecular weight is 603 g/mol. The summed E-state index contributed by atoms with van der Waals surface area (Å²) < 4.78 is 39.3. The molecule has 1 aliphatic carbocycles. The number of piperidine rings is 1. The highest BCUT2D eigenvalue weighted by Crippen LogP contribution is 2.38. The predicted molar refractivity (Wildman–Crippen MR) is 165 cm³/mol. The second kappa shape index (κ2) is 12.0. The van der Waals surface area contributed by atoms with E-state index >= 15 is 0 Å². The van der Waals surface area contributed by atoms with Gasteiger partial charge in [-0.1, -0.05) is 19.8 Å². The lowest BCUT2D eigenvalue weighted by atomic mass is 9.82. The van der Waals surface area contributed by atoms with E-state index < -0.39 is 27.3 Å². The van der Waals surface area contributed by atoms with Gasteiger partial charge in [-0.2, -0.15) is 4.31 Å². The van der Waals surface area contributed by atoms with Gasteiger partial charge in [0.15, 0.2) is 0 Å². The second-order valence-electron chi connectivity index (χ2n) is 13.0. The number of carbonyl (C=O) groups is 2. The molecule has 3 aliphatic rings. The Kier molecular flexibility index (Phi) is 9.14. The zero-order valence-electron chi connectivity index (χ0n) is 26.2. The highest BCUT2D eigenvalue weighted by Gasteiger charge is 2.48. The van der Waals surface area contributed by atoms with E-state index in [1.54, 1.807) is 40.0 Å². The van der Waals surface area contributed by atoms with E-state index in [9.17, 15) is 18.0 Å². The van der Waals surface area contributed by atoms with Crippen LogP contribution >= 0.6 is 0 Å². The number of nitrogens with zero attached hydrogens (tertiary/aromatic N) is 3. The van der Waals surface area contributed by atoms with Crippen LogP contribution in [-0.2, 0) is 19.6 Å². The van der Waals surface area contributed by atoms with E-state index in [4.69, 9.17) is 14.5 Å². The number of sulfonamides is 1. The molecule has 10 nitrogen and oxygen atoms in total. The third kappa shape index (κ3) is 6.67. The number of aryl methyl sites for hydroxylation is 1. The number of rotatable bonds is 6. The Morgan fingerprint density at radius 2 is 1.79 bits per heavy atom. The quantitative estimate of drug-likeness (QED) is 0.480. The van der Waals surface area contributed by atoms with Gasteiger partial charge in [0.05, 0.1) is 12.8 Å². The monoisotopic (exact) mass is 602 g/mol. The molecule has 11 heteroatoms. The number of methoxy groups -OCH3 is 1. The number of carbonyl (C=O) groups excluding carboxylic acids is 2. The van der Waals surface area contributed by atoms with Crippen molar-refractivity contribution in [2.24, 2.45) is 16.8 Å². The summed E-state index contributed by atoms with van der Waals surface area (Å²) in [5.41, 5.74) is 1.18. The number of anilines is 1. The molecular weight excluding hydrogens is 556 g/mol. The lowest BCUT2D eigenvalue weighted by molar-refractivity contribution is -0.125. The molecule has 232 valence electrons. The lowest BCUT2D eigenvalue weighted by Gasteiger charge is -2.34. The molecule has 0 bridgehead atoms. The van der Waals surface area contributed by atoms with Crippen molar-refractivity contribution in [2.75, 3.05) is 32.1 Å². The standard InChI is InChI=1S/C31H46N4O6S/c1-20-9-11-23(12-10-20)27-32-28(36)31(33-27)14-16-35(17-15-31)42(38,39)18-13-24-21(2)19-25(26(40-8)22(24)3)34(7)29(37)41-30(4,5)6/h13,18-20,23H,9-12,14-17H2,1-8H3,(H,32,33,36)/b18-13+/t20-,23-. The van der Waals surface area contributed by atoms with Crippen molar-refractivity contribution in [2.45, 2.75) is 91.2 Å². The first kappa shape index (κ1) is 32.0. The summed E-state index contributed by atoms with van der Waals surface area (Å²) in [7, 11) is -0.626. The molecule has 42 heavy (non-hydrogen) atoms. The van der Waals surface area contributed by atoms with Crippen LogP contribution in [0.5, 0.6) is 5.75 Å². The van der Waals surface area contributed by atoms with Crippen molar-refractivity contribution in [3.8, 4) is 5.75 Å². The normalized spacial score (nSPS) is 23.1. The molecule has 0 atom stereocenters. The molecule has 1 aromatic rings. The van der Waals surface area contributed by atoms with Crippen molar-refractivity contribution in [3.63, 3.8) is 0 Å². The first-order valence-electron chi connectivity index (χ1n) is 14.8. The van der Waals surface area contributed by atoms with E-state index in [1.165, 1.54) is 21.7 Å². The van der Waals surface area contributed by atoms with Gasteiger partial charge in [0.25, 0.3) is 5.91 Å². The van der Waals surface area contributed by atoms with Gasteiger partial charge in [-0.3, -0.25) is 14.7 Å². The number of amides is 2. The highest BCUT2D eigenvalue weighted by molar-refractivity contribution is 7.92. The Hall–Kier alpha value is -2.92. The molecule has 1 saturated heterocycles. The Morgan fingerprint density at radius 1 is 1.17 bits per heavy atom. The van der Waals surface area contributed by atoms with E-state index in [1.807, 2.05) is 13.8 Å². The predicted octanol–water partition coefficient (Wildman–Crippen LogP) is 5.17. The molecule has 0 unspecified atom stereocenters. The number of benzene rings is 1. The molecule has 0 radical (unpaired) electrons. The number of hydrogen-bond acceptors (Lipinski definition) is 7. The first-order chi connectivity index (χ1) is 19.6. The molecule has 1 spiro atoms. The van der Waals surface area contributed by atoms with Gasteiger partial charge >= 0.3 is 6.09 Å². The second-order valence-corrected chi connectivity index (χ2v) is 14.8. The van der Waals surface area contributed by atoms with Crippen molar-refractivity contribution < 1.29 is 27.5 Å². The number of aliphatic imine (C=N–C) groups is 1. The van der Waals surface area contributed by atoms with E-state index in [0.29, 0.717) is 41.3 Å². The molecule has 4 rings (SSSR count). The molecule has 2 aliphatic heterocycles. The van der Waals surface area contributed by atoms with Gasteiger partial charge < -0.3 is 14.8 Å². The van der Waals surface area contributed by atoms with Crippen LogP contribution in [0, 0.1) is 25.7 Å². The maximum Gasteiger partial charge on any atom is 0.414 e. The largest absolute Gasteiger partial charge is 0.494 e. The highest BCUT2D eigenvalue weighted by atomic mass is 32.2. The Bertz CT molecular complexity index is 1380. The third-order valence-electron chi connectivity index (χ3n) is 8.71. The minimum absolute atomic E-state index is 0.0986. The van der Waals surface area contributed by atoms with Crippen molar-refractivity contribution >= 4 is 39.6 Å². The number of ether oxygens (including phenoxy) is 2. The zero-order valence-corrected chi connectivity index (χ0v) is 27.1. The Labute approximate surface area is 250 Å². The smallest absolute Gasteiger partial charge is 0.414 e. The van der Waals surface area contributed by atoms with Gasteiger partial charge in [-0.25, -0.2) is 13.2 Å². The van der Waals surface area contributed by atoms with Crippen LogP contribution in [0.1, 0.15) is 82.9 Å². The van der Waals surface area contributed by atoms with Crippen LogP contribution in [0.2, 0.25) is 0 Å². The number of hydrogen-bond donors (Lipinski definition) is 1. The minimum atomic E-state index is -3.75. The maximum atomic E-state index is 13.4. The Morgan fingerprint density at radius 3 is 2.36 bits per heavy atom. The lowest BCUT2D eigenvalue weighted by Crippen LogP contribution is -2.50. The zero-order chi connectivity index (χ0) is 31.0. The van der Waals surface area contributed by atoms with Gasteiger partial charge in [-0.15, -0.1) is 0 Å². The SMILES string of the molecule is COc1c(N(C)C(=O)OC(C)(C)C)cc(C)c(/C=C/S(=O)(=O)N2CCC3(CC2)N=C([C@H]2CC[C@H](C)CC2)NC3=O)c1C. The molecule has 1 saturated carbocycles. The first-order valence-corrected chi connectivity index (χ1v) is 16.3. The molecule has 1 aromatic carbocycles. The van der Waals surface area contributed by atoms with Crippen LogP contribution in [-0.4, -0.2) is 68.9 Å². The van der Waals surface area contributed by atoms with Crippen LogP contribution in [0.3, 0.4) is 0 Å². The fourth-order valence-corrected chi connectivity index (χ4v) is 7.28. The fraction of sp³-hybridized carbons (Fsp3) is 0.645. The summed E-state index contributed by atoms with van der Waals surface area (Å²) in [6, 6.07) is 1.79. The summed E-state index contributed by atoms with van der Waals surface area (Å²) in [4.78, 5) is 32.0. The van der Waals surface area contributed by atoms with Crippen molar-refractivity contribution in [1.82, 2.24) is 9.62 Å². The van der Waals surface area contributed by atoms with Gasteiger partial charge in [0.2, 0.25) is 10.0 Å². The van der Waals surface area contributed by atoms with E-state index in [0.717, 1.165) is 37.1 Å². The molecule has 2 amide bonds. The van der Waals surface area contributed by atoms with Gasteiger partial charge in [-0.05, 0) is 89.5 Å². The third-order valence-corrected chi connectivity index (χ3v) is 10.3. The van der Waals surface area contributed by atoms with Crippen LogP contribution in [0.25, 0.3) is 6.08 Å². The summed E-state index contributed by atoms with van der Waals surface area (Å²) in [6.45, 7) is 11.8. The van der Waals surface area contributed by atoms with E-state index in [-0.39, 0.29) is 24.9 Å². The van der Waals surface area contributed by atoms with Crippen LogP contribution < -0.4 is 15.0 Å². The molecule has 0 aromatic heterocycles. The Balaban J connectivity index is 1.48. The van der Waals surface area contributed by atoms with Crippen LogP contribution in [0.4, 0.5) is 10.5 Å². The number of nitrogens with one attached hydrogen (secondary N) is 1. The van der Waals surface area contributed by atoms with Crippen LogP contribution in [0.15, 0.2) is 16.5 Å². The van der Waals surface area contributed by atoms with Crippen molar-refractivity contribution in [1.29, 1.82) is 0 Å². The maximum absolute atomic E-state index is 13.4. The summed E-state index contributed by atoms with van der Waals surface area (Å²) in [5.74, 6) is 2.15. The van der Waals surface area contributed by atoms with Crippen molar-refractivity contribution in [3.05, 3.63) is 28.2 Å². The summed E-state index contributed by atoms with van der Waals surface area (Å²) in [6.07, 6.45) is 6.11.